The molecule has 1 aromatic rings. The number of nitrogens with one attached hydrogen (secondary N) is 1. The van der Waals surface area contributed by atoms with Crippen molar-refractivity contribution in [3.05, 3.63) is 35.4 Å². The summed E-state index contributed by atoms with van der Waals surface area (Å²) in [5.74, 6) is 0. The second-order valence-electron chi connectivity index (χ2n) is 8.79. The third-order valence-electron chi connectivity index (χ3n) is 5.02. The standard InChI is InChI=1S/C22H34N4O2/c1-17-16-25(5)12-13-26(17)11-10-20(24-21(27)28-22(2,3)4)14-18-6-8-19(15-23)9-7-18/h6-9,17,20H,10-14,16H2,1-5H3,(H,24,27)/t17-,20-/m0/s1. The highest BCUT2D eigenvalue weighted by Crippen LogP contribution is 2.14. The van der Waals surface area contributed by atoms with Gasteiger partial charge < -0.3 is 15.0 Å². The van der Waals surface area contributed by atoms with Crippen LogP contribution in [0.25, 0.3) is 0 Å². The Kier molecular flexibility index (Phi) is 7.85. The molecule has 1 heterocycles. The Morgan fingerprint density at radius 2 is 2.00 bits per heavy atom. The average molecular weight is 387 g/mol. The molecule has 6 heteroatoms. The van der Waals surface area contributed by atoms with Crippen LogP contribution in [-0.2, 0) is 11.2 Å². The van der Waals surface area contributed by atoms with Crippen molar-refractivity contribution in [3.8, 4) is 6.07 Å². The fraction of sp³-hybridized carbons (Fsp3) is 0.636. The molecule has 2 rings (SSSR count). The summed E-state index contributed by atoms with van der Waals surface area (Å²) in [6, 6.07) is 10.2. The molecule has 0 unspecified atom stereocenters. The van der Waals surface area contributed by atoms with Crippen molar-refractivity contribution < 1.29 is 9.53 Å². The molecule has 1 aliphatic heterocycles. The number of hydrogen-bond acceptors (Lipinski definition) is 5. The van der Waals surface area contributed by atoms with Gasteiger partial charge in [0.15, 0.2) is 0 Å². The zero-order valence-corrected chi connectivity index (χ0v) is 17.9. The Bertz CT molecular complexity index is 675. The first-order chi connectivity index (χ1) is 13.2. The van der Waals surface area contributed by atoms with Gasteiger partial charge >= 0.3 is 6.09 Å². The topological polar surface area (TPSA) is 68.6 Å². The van der Waals surface area contributed by atoms with Gasteiger partial charge in [-0.2, -0.15) is 5.26 Å². The molecular weight excluding hydrogens is 352 g/mol. The SMILES string of the molecule is C[C@H]1CN(C)CCN1CC[C@@H](Cc1ccc(C#N)cc1)NC(=O)OC(C)(C)C. The fourth-order valence-corrected chi connectivity index (χ4v) is 3.53. The molecule has 28 heavy (non-hydrogen) atoms. The molecule has 1 aromatic carbocycles. The van der Waals surface area contributed by atoms with Gasteiger partial charge in [0, 0.05) is 38.3 Å². The third-order valence-corrected chi connectivity index (χ3v) is 5.02. The summed E-state index contributed by atoms with van der Waals surface area (Å²) < 4.78 is 5.46. The number of carbonyl (C=O) groups is 1. The van der Waals surface area contributed by atoms with Crippen LogP contribution in [0.5, 0.6) is 0 Å². The Labute approximate surface area is 169 Å². The van der Waals surface area contributed by atoms with Crippen molar-refractivity contribution >= 4 is 6.09 Å². The summed E-state index contributed by atoms with van der Waals surface area (Å²) in [6.07, 6.45) is 1.19. The number of likely N-dealkylation sites (N-methyl/N-ethyl adjacent to an activating group) is 1. The van der Waals surface area contributed by atoms with Gasteiger partial charge in [-0.05, 0) is 65.3 Å². The van der Waals surface area contributed by atoms with E-state index in [0.717, 1.165) is 38.2 Å². The number of ether oxygens (including phenoxy) is 1. The van der Waals surface area contributed by atoms with E-state index in [2.05, 4.69) is 35.2 Å². The minimum absolute atomic E-state index is 0.0189. The molecular formula is C22H34N4O2. The molecule has 0 aliphatic carbocycles. The van der Waals surface area contributed by atoms with Crippen LogP contribution in [0.1, 0.15) is 45.2 Å². The summed E-state index contributed by atoms with van der Waals surface area (Å²) >= 11 is 0. The molecule has 1 saturated heterocycles. The third kappa shape index (κ3) is 7.49. The Morgan fingerprint density at radius 3 is 2.57 bits per heavy atom. The minimum atomic E-state index is -0.519. The normalized spacial score (nSPS) is 19.6. The van der Waals surface area contributed by atoms with Crippen molar-refractivity contribution in [2.75, 3.05) is 33.2 Å². The van der Waals surface area contributed by atoms with Crippen LogP contribution in [0.3, 0.4) is 0 Å². The lowest BCUT2D eigenvalue weighted by atomic mass is 10.0. The largest absolute Gasteiger partial charge is 0.444 e. The zero-order valence-electron chi connectivity index (χ0n) is 17.9. The van der Waals surface area contributed by atoms with Crippen molar-refractivity contribution in [1.82, 2.24) is 15.1 Å². The van der Waals surface area contributed by atoms with Crippen LogP contribution >= 0.6 is 0 Å². The molecule has 1 amide bonds. The van der Waals surface area contributed by atoms with Crippen LogP contribution in [0.4, 0.5) is 4.79 Å². The summed E-state index contributed by atoms with van der Waals surface area (Å²) in [7, 11) is 2.16. The molecule has 1 N–H and O–H groups in total. The predicted molar refractivity (Wildman–Crippen MR) is 111 cm³/mol. The van der Waals surface area contributed by atoms with E-state index in [1.54, 1.807) is 0 Å². The lowest BCUT2D eigenvalue weighted by molar-refractivity contribution is 0.0490. The summed E-state index contributed by atoms with van der Waals surface area (Å²) in [6.45, 7) is 12.0. The van der Waals surface area contributed by atoms with Crippen LogP contribution in [0, 0.1) is 11.3 Å². The van der Waals surface area contributed by atoms with E-state index in [4.69, 9.17) is 10.00 Å². The van der Waals surface area contributed by atoms with Gasteiger partial charge in [0.2, 0.25) is 0 Å². The molecule has 2 atom stereocenters. The van der Waals surface area contributed by atoms with Gasteiger partial charge in [0.25, 0.3) is 0 Å². The van der Waals surface area contributed by atoms with Crippen molar-refractivity contribution in [1.29, 1.82) is 5.26 Å². The van der Waals surface area contributed by atoms with E-state index in [9.17, 15) is 4.79 Å². The van der Waals surface area contributed by atoms with Gasteiger partial charge in [0.05, 0.1) is 11.6 Å². The van der Waals surface area contributed by atoms with Crippen LogP contribution < -0.4 is 5.32 Å². The highest BCUT2D eigenvalue weighted by atomic mass is 16.6. The molecule has 0 aromatic heterocycles. The first kappa shape index (κ1) is 22.2. The molecule has 0 radical (unpaired) electrons. The molecule has 6 nitrogen and oxygen atoms in total. The lowest BCUT2D eigenvalue weighted by Crippen LogP contribution is -2.51. The quantitative estimate of drug-likeness (QED) is 0.814. The van der Waals surface area contributed by atoms with E-state index < -0.39 is 5.60 Å². The van der Waals surface area contributed by atoms with Gasteiger partial charge in [-0.15, -0.1) is 0 Å². The van der Waals surface area contributed by atoms with E-state index >= 15 is 0 Å². The summed E-state index contributed by atoms with van der Waals surface area (Å²) in [5.41, 5.74) is 1.23. The van der Waals surface area contributed by atoms with Crippen molar-refractivity contribution in [2.45, 2.75) is 58.2 Å². The second kappa shape index (κ2) is 9.90. The molecule has 0 bridgehead atoms. The van der Waals surface area contributed by atoms with Crippen molar-refractivity contribution in [2.24, 2.45) is 0 Å². The van der Waals surface area contributed by atoms with Crippen LogP contribution in [0.2, 0.25) is 0 Å². The van der Waals surface area contributed by atoms with E-state index in [1.807, 2.05) is 45.0 Å². The monoisotopic (exact) mass is 386 g/mol. The predicted octanol–water partition coefficient (Wildman–Crippen LogP) is 3.02. The second-order valence-corrected chi connectivity index (χ2v) is 8.79. The number of benzene rings is 1. The highest BCUT2D eigenvalue weighted by Gasteiger charge is 2.24. The summed E-state index contributed by atoms with van der Waals surface area (Å²) in [4.78, 5) is 17.2. The average Bonchev–Trinajstić information content (AvgIpc) is 2.59. The van der Waals surface area contributed by atoms with E-state index in [1.165, 1.54) is 0 Å². The van der Waals surface area contributed by atoms with Gasteiger partial charge in [-0.1, -0.05) is 12.1 Å². The first-order valence-corrected chi connectivity index (χ1v) is 10.1. The molecule has 0 spiro atoms. The maximum absolute atomic E-state index is 12.3. The Morgan fingerprint density at radius 1 is 1.32 bits per heavy atom. The number of amides is 1. The maximum atomic E-state index is 12.3. The van der Waals surface area contributed by atoms with Gasteiger partial charge in [-0.25, -0.2) is 4.79 Å². The zero-order chi connectivity index (χ0) is 20.7. The number of nitriles is 1. The number of alkyl carbamates (subject to hydrolysis) is 1. The van der Waals surface area contributed by atoms with Gasteiger partial charge in [0.1, 0.15) is 5.60 Å². The minimum Gasteiger partial charge on any atom is -0.444 e. The van der Waals surface area contributed by atoms with E-state index in [0.29, 0.717) is 18.0 Å². The number of hydrogen-bond donors (Lipinski definition) is 1. The van der Waals surface area contributed by atoms with Crippen LogP contribution in [-0.4, -0.2) is 66.8 Å². The van der Waals surface area contributed by atoms with E-state index in [-0.39, 0.29) is 12.1 Å². The molecule has 154 valence electrons. The fourth-order valence-electron chi connectivity index (χ4n) is 3.53. The lowest BCUT2D eigenvalue weighted by Gasteiger charge is -2.38. The van der Waals surface area contributed by atoms with Gasteiger partial charge in [-0.3, -0.25) is 4.90 Å². The summed E-state index contributed by atoms with van der Waals surface area (Å²) in [5, 5.41) is 12.0. The van der Waals surface area contributed by atoms with Crippen molar-refractivity contribution in [3.63, 3.8) is 0 Å². The maximum Gasteiger partial charge on any atom is 0.407 e. The highest BCUT2D eigenvalue weighted by molar-refractivity contribution is 5.68. The smallest absolute Gasteiger partial charge is 0.407 e. The first-order valence-electron chi connectivity index (χ1n) is 10.1. The Hall–Kier alpha value is -2.10. The number of rotatable bonds is 6. The number of piperazine rings is 1. The molecule has 1 aliphatic rings. The number of nitrogens with zero attached hydrogens (tertiary/aromatic N) is 3. The molecule has 0 saturated carbocycles. The van der Waals surface area contributed by atoms with Crippen LogP contribution in [0.15, 0.2) is 24.3 Å². The molecule has 1 fully saturated rings. The Balaban J connectivity index is 2.00. The number of carbonyl (C=O) groups excluding carboxylic acids is 1.